The van der Waals surface area contributed by atoms with E-state index in [4.69, 9.17) is 10.2 Å². The summed E-state index contributed by atoms with van der Waals surface area (Å²) in [6, 6.07) is 0. The van der Waals surface area contributed by atoms with Crippen LogP contribution in [0.4, 0.5) is 0 Å². The van der Waals surface area contributed by atoms with Crippen molar-refractivity contribution in [1.29, 1.82) is 0 Å². The van der Waals surface area contributed by atoms with Gasteiger partial charge in [-0.25, -0.2) is 4.72 Å². The highest BCUT2D eigenvalue weighted by Crippen LogP contribution is 2.18. The lowest BCUT2D eigenvalue weighted by atomic mass is 10.0. The summed E-state index contributed by atoms with van der Waals surface area (Å²) in [7, 11) is -3.59. The molecule has 0 amide bonds. The lowest BCUT2D eigenvalue weighted by molar-refractivity contribution is -0.142. The van der Waals surface area contributed by atoms with Crippen molar-refractivity contribution in [3.63, 3.8) is 0 Å². The third-order valence-electron chi connectivity index (χ3n) is 2.94. The summed E-state index contributed by atoms with van der Waals surface area (Å²) in [5.74, 6) is -1.57. The molecule has 1 saturated heterocycles. The molecule has 0 aromatic carbocycles. The predicted octanol–water partition coefficient (Wildman–Crippen LogP) is -0.610. The monoisotopic (exact) mass is 280 g/mol. The van der Waals surface area contributed by atoms with Crippen molar-refractivity contribution in [2.24, 2.45) is 5.92 Å². The Labute approximate surface area is 107 Å². The fourth-order valence-corrected chi connectivity index (χ4v) is 3.22. The molecular formula is C10H20N2O5S. The van der Waals surface area contributed by atoms with Gasteiger partial charge in [-0.1, -0.05) is 0 Å². The molecule has 0 aromatic heterocycles. The first-order valence-electron chi connectivity index (χ1n) is 6.06. The summed E-state index contributed by atoms with van der Waals surface area (Å²) < 4.78 is 27.4. The van der Waals surface area contributed by atoms with E-state index in [2.05, 4.69) is 4.72 Å². The van der Waals surface area contributed by atoms with Crippen LogP contribution in [0.2, 0.25) is 0 Å². The molecule has 0 saturated carbocycles. The molecule has 8 heteroatoms. The van der Waals surface area contributed by atoms with Gasteiger partial charge in [0.25, 0.3) is 10.2 Å². The minimum Gasteiger partial charge on any atom is -0.481 e. The Balaban J connectivity index is 2.48. The van der Waals surface area contributed by atoms with Crippen molar-refractivity contribution in [3.05, 3.63) is 0 Å². The van der Waals surface area contributed by atoms with Gasteiger partial charge in [-0.05, 0) is 25.7 Å². The van der Waals surface area contributed by atoms with Crippen molar-refractivity contribution in [2.45, 2.75) is 25.7 Å². The molecule has 106 valence electrons. The second-order valence-electron chi connectivity index (χ2n) is 4.37. The summed E-state index contributed by atoms with van der Waals surface area (Å²) in [5, 5.41) is 17.5. The van der Waals surface area contributed by atoms with Gasteiger partial charge in [-0.2, -0.15) is 12.7 Å². The number of nitrogens with zero attached hydrogens (tertiary/aromatic N) is 1. The van der Waals surface area contributed by atoms with Gasteiger partial charge >= 0.3 is 5.97 Å². The summed E-state index contributed by atoms with van der Waals surface area (Å²) in [4.78, 5) is 10.9. The fraction of sp³-hybridized carbons (Fsp3) is 0.900. The first-order valence-corrected chi connectivity index (χ1v) is 7.50. The van der Waals surface area contributed by atoms with Crippen LogP contribution in [-0.2, 0) is 15.0 Å². The predicted molar refractivity (Wildman–Crippen MR) is 65.2 cm³/mol. The Hall–Kier alpha value is -0.700. The molecule has 0 bridgehead atoms. The van der Waals surface area contributed by atoms with E-state index in [9.17, 15) is 13.2 Å². The Morgan fingerprint density at radius 1 is 1.39 bits per heavy atom. The number of nitrogens with one attached hydrogen (secondary N) is 1. The topological polar surface area (TPSA) is 107 Å². The fourth-order valence-electron chi connectivity index (χ4n) is 1.89. The van der Waals surface area contributed by atoms with Crippen LogP contribution in [0.25, 0.3) is 0 Å². The second-order valence-corrected chi connectivity index (χ2v) is 6.12. The first kappa shape index (κ1) is 15.4. The number of unbranched alkanes of at least 4 members (excludes halogenated alkanes) is 1. The number of hydrogen-bond acceptors (Lipinski definition) is 4. The van der Waals surface area contributed by atoms with E-state index in [-0.39, 0.29) is 19.7 Å². The summed E-state index contributed by atoms with van der Waals surface area (Å²) in [6.07, 6.45) is 2.19. The van der Waals surface area contributed by atoms with Gasteiger partial charge in [0.15, 0.2) is 0 Å². The number of carbonyl (C=O) groups is 1. The summed E-state index contributed by atoms with van der Waals surface area (Å²) >= 11 is 0. The van der Waals surface area contributed by atoms with Gasteiger partial charge in [-0.15, -0.1) is 0 Å². The lowest BCUT2D eigenvalue weighted by Crippen LogP contribution is -2.47. The van der Waals surface area contributed by atoms with E-state index in [1.807, 2.05) is 0 Å². The van der Waals surface area contributed by atoms with Crippen LogP contribution >= 0.6 is 0 Å². The molecule has 1 heterocycles. The van der Waals surface area contributed by atoms with E-state index < -0.39 is 22.1 Å². The van der Waals surface area contributed by atoms with Crippen LogP contribution in [-0.4, -0.2) is 55.1 Å². The first-order chi connectivity index (χ1) is 8.47. The zero-order valence-electron chi connectivity index (χ0n) is 10.2. The van der Waals surface area contributed by atoms with Crippen LogP contribution in [0, 0.1) is 5.92 Å². The van der Waals surface area contributed by atoms with E-state index in [0.29, 0.717) is 32.2 Å². The van der Waals surface area contributed by atoms with E-state index in [1.165, 1.54) is 4.31 Å². The molecule has 1 rings (SSSR count). The summed E-state index contributed by atoms with van der Waals surface area (Å²) in [5.41, 5.74) is 0. The van der Waals surface area contributed by atoms with E-state index in [0.717, 1.165) is 0 Å². The maximum Gasteiger partial charge on any atom is 0.307 e. The van der Waals surface area contributed by atoms with Crippen LogP contribution in [0.1, 0.15) is 25.7 Å². The van der Waals surface area contributed by atoms with Crippen molar-refractivity contribution in [1.82, 2.24) is 9.03 Å². The molecule has 0 radical (unpaired) electrons. The highest BCUT2D eigenvalue weighted by Gasteiger charge is 2.31. The quantitative estimate of drug-likeness (QED) is 0.539. The van der Waals surface area contributed by atoms with Crippen molar-refractivity contribution < 1.29 is 23.4 Å². The molecule has 7 nitrogen and oxygen atoms in total. The van der Waals surface area contributed by atoms with Crippen LogP contribution in [0.5, 0.6) is 0 Å². The van der Waals surface area contributed by atoms with Crippen molar-refractivity contribution in [3.8, 4) is 0 Å². The van der Waals surface area contributed by atoms with E-state index >= 15 is 0 Å². The minimum absolute atomic E-state index is 0.0324. The largest absolute Gasteiger partial charge is 0.481 e. The molecular weight excluding hydrogens is 260 g/mol. The molecule has 1 aliphatic rings. The highest BCUT2D eigenvalue weighted by molar-refractivity contribution is 7.87. The Kier molecular flexibility index (Phi) is 6.00. The molecule has 1 fully saturated rings. The maximum atomic E-state index is 11.9. The zero-order valence-corrected chi connectivity index (χ0v) is 11.0. The Morgan fingerprint density at radius 2 is 2.11 bits per heavy atom. The number of hydrogen-bond donors (Lipinski definition) is 3. The van der Waals surface area contributed by atoms with Gasteiger partial charge in [0, 0.05) is 26.2 Å². The van der Waals surface area contributed by atoms with Crippen LogP contribution < -0.4 is 4.72 Å². The number of rotatable bonds is 7. The van der Waals surface area contributed by atoms with E-state index in [1.54, 1.807) is 0 Å². The normalized spacial score (nSPS) is 21.9. The van der Waals surface area contributed by atoms with Crippen molar-refractivity contribution in [2.75, 3.05) is 26.2 Å². The molecule has 0 aliphatic carbocycles. The van der Waals surface area contributed by atoms with Gasteiger partial charge < -0.3 is 10.2 Å². The average molecular weight is 280 g/mol. The van der Waals surface area contributed by atoms with Gasteiger partial charge in [-0.3, -0.25) is 4.79 Å². The standard InChI is InChI=1S/C10H20N2O5S/c13-7-2-1-5-11-18(16,17)12-6-3-4-9(8-12)10(14)15/h9,11,13H,1-8H2,(H,14,15). The van der Waals surface area contributed by atoms with Crippen LogP contribution in [0.15, 0.2) is 0 Å². The molecule has 1 unspecified atom stereocenters. The van der Waals surface area contributed by atoms with Gasteiger partial charge in [0.2, 0.25) is 0 Å². The molecule has 18 heavy (non-hydrogen) atoms. The number of aliphatic carboxylic acids is 1. The number of piperidine rings is 1. The number of carboxylic acid groups (broad SMARTS) is 1. The third kappa shape index (κ3) is 4.52. The molecule has 1 aliphatic heterocycles. The zero-order chi connectivity index (χ0) is 13.6. The Bertz CT molecular complexity index is 370. The number of carboxylic acids is 1. The van der Waals surface area contributed by atoms with Gasteiger partial charge in [0.05, 0.1) is 5.92 Å². The second kappa shape index (κ2) is 7.03. The number of aliphatic hydroxyl groups excluding tert-OH is 1. The SMILES string of the molecule is O=C(O)C1CCCN(S(=O)(=O)NCCCCO)C1. The molecule has 3 N–H and O–H groups in total. The number of aliphatic hydroxyl groups is 1. The maximum absolute atomic E-state index is 11.9. The van der Waals surface area contributed by atoms with Gasteiger partial charge in [0.1, 0.15) is 0 Å². The Morgan fingerprint density at radius 3 is 2.72 bits per heavy atom. The minimum atomic E-state index is -3.59. The third-order valence-corrected chi connectivity index (χ3v) is 4.52. The summed E-state index contributed by atoms with van der Waals surface area (Å²) in [6.45, 7) is 0.688. The molecule has 0 spiro atoms. The van der Waals surface area contributed by atoms with Crippen molar-refractivity contribution >= 4 is 16.2 Å². The lowest BCUT2D eigenvalue weighted by Gasteiger charge is -2.29. The average Bonchev–Trinajstić information content (AvgIpc) is 2.35. The smallest absolute Gasteiger partial charge is 0.307 e. The molecule has 0 aromatic rings. The molecule has 1 atom stereocenters. The highest BCUT2D eigenvalue weighted by atomic mass is 32.2. The van der Waals surface area contributed by atoms with Crippen LogP contribution in [0.3, 0.4) is 0 Å².